The Balaban J connectivity index is 0.000000351. The fourth-order valence-electron chi connectivity index (χ4n) is 2.16. The average molecular weight is 431 g/mol. The Kier molecular flexibility index (Phi) is 9.99. The quantitative estimate of drug-likeness (QED) is 0.307. The molecule has 0 aliphatic heterocycles. The lowest BCUT2D eigenvalue weighted by atomic mass is 10.1. The van der Waals surface area contributed by atoms with Crippen molar-refractivity contribution in [2.24, 2.45) is 0 Å². The van der Waals surface area contributed by atoms with E-state index in [1.165, 1.54) is 23.0 Å². The van der Waals surface area contributed by atoms with Crippen LogP contribution in [0.3, 0.4) is 0 Å². The molecule has 0 radical (unpaired) electrons. The standard InChI is InChI=1S/C13H11NO3S2.C7H9N.C2H6/c1-7-10(18)6-19-11(7)12(15)14-9-5-3-2-4-8(9)13(16)17;1-6-2-4-7(8)5-3-6;1-2/h2-6,18H,1H3,(H,14,15)(H,16,17);2-5H,8H2,1H3;1-2H3. The third kappa shape index (κ3) is 7.29. The lowest BCUT2D eigenvalue weighted by molar-refractivity contribution is 0.0698. The van der Waals surface area contributed by atoms with Crippen molar-refractivity contribution >= 4 is 47.2 Å². The zero-order valence-corrected chi connectivity index (χ0v) is 18.6. The zero-order valence-electron chi connectivity index (χ0n) is 16.9. The highest BCUT2D eigenvalue weighted by Crippen LogP contribution is 2.26. The third-order valence-corrected chi connectivity index (χ3v) is 5.42. The number of carboxylic acid groups (broad SMARTS) is 1. The van der Waals surface area contributed by atoms with E-state index in [1.807, 2.05) is 45.0 Å². The van der Waals surface area contributed by atoms with Gasteiger partial charge in [-0.15, -0.1) is 24.0 Å². The Morgan fingerprint density at radius 1 is 1.03 bits per heavy atom. The molecular formula is C22H26N2O3S2. The van der Waals surface area contributed by atoms with Crippen LogP contribution < -0.4 is 11.1 Å². The molecule has 0 aliphatic rings. The van der Waals surface area contributed by atoms with Gasteiger partial charge in [0.1, 0.15) is 0 Å². The number of rotatable bonds is 3. The van der Waals surface area contributed by atoms with Crippen LogP contribution in [-0.4, -0.2) is 17.0 Å². The Hall–Kier alpha value is -2.77. The number of nitrogens with one attached hydrogen (secondary N) is 1. The Morgan fingerprint density at radius 3 is 2.10 bits per heavy atom. The molecule has 7 heteroatoms. The van der Waals surface area contributed by atoms with Crippen LogP contribution in [-0.2, 0) is 0 Å². The summed E-state index contributed by atoms with van der Waals surface area (Å²) >= 11 is 5.51. The minimum Gasteiger partial charge on any atom is -0.478 e. The van der Waals surface area contributed by atoms with Crippen molar-refractivity contribution in [3.05, 3.63) is 75.5 Å². The number of hydrogen-bond donors (Lipinski definition) is 4. The fourth-order valence-corrected chi connectivity index (χ4v) is 3.35. The van der Waals surface area contributed by atoms with Gasteiger partial charge in [-0.25, -0.2) is 4.79 Å². The zero-order chi connectivity index (χ0) is 22.0. The SMILES string of the molecule is CC.Cc1c(S)csc1C(=O)Nc1ccccc1C(=O)O.Cc1ccc(N)cc1. The first-order chi connectivity index (χ1) is 13.8. The molecule has 0 bridgehead atoms. The summed E-state index contributed by atoms with van der Waals surface area (Å²) in [6.45, 7) is 7.84. The first-order valence-corrected chi connectivity index (χ1v) is 10.3. The molecule has 3 aromatic rings. The van der Waals surface area contributed by atoms with Crippen molar-refractivity contribution in [1.29, 1.82) is 0 Å². The van der Waals surface area contributed by atoms with Gasteiger partial charge in [-0.1, -0.05) is 43.7 Å². The van der Waals surface area contributed by atoms with Gasteiger partial charge in [-0.05, 0) is 43.7 Å². The second-order valence-corrected chi connectivity index (χ2v) is 7.15. The van der Waals surface area contributed by atoms with Crippen LogP contribution in [0, 0.1) is 13.8 Å². The lowest BCUT2D eigenvalue weighted by Crippen LogP contribution is -2.14. The lowest BCUT2D eigenvalue weighted by Gasteiger charge is -2.07. The van der Waals surface area contributed by atoms with Gasteiger partial charge in [0, 0.05) is 16.0 Å². The van der Waals surface area contributed by atoms with Gasteiger partial charge in [0.25, 0.3) is 5.91 Å². The summed E-state index contributed by atoms with van der Waals surface area (Å²) in [5.74, 6) is -1.40. The van der Waals surface area contributed by atoms with Crippen LogP contribution in [0.4, 0.5) is 11.4 Å². The number of nitrogen functional groups attached to an aromatic ring is 1. The van der Waals surface area contributed by atoms with Crippen LogP contribution in [0.1, 0.15) is 45.0 Å². The van der Waals surface area contributed by atoms with Gasteiger partial charge in [-0.2, -0.15) is 0 Å². The molecule has 1 heterocycles. The van der Waals surface area contributed by atoms with Crippen LogP contribution in [0.2, 0.25) is 0 Å². The van der Waals surface area contributed by atoms with Crippen molar-refractivity contribution in [1.82, 2.24) is 0 Å². The molecular weight excluding hydrogens is 404 g/mol. The minimum absolute atomic E-state index is 0.0659. The molecule has 5 nitrogen and oxygen atoms in total. The number of carbonyl (C=O) groups is 2. The predicted octanol–water partition coefficient (Wildman–Crippen LogP) is 5.90. The second kappa shape index (κ2) is 11.9. The number of amides is 1. The van der Waals surface area contributed by atoms with Crippen LogP contribution in [0.5, 0.6) is 0 Å². The van der Waals surface area contributed by atoms with Gasteiger partial charge in [-0.3, -0.25) is 4.79 Å². The molecule has 2 aromatic carbocycles. The molecule has 1 amide bonds. The van der Waals surface area contributed by atoms with Gasteiger partial charge >= 0.3 is 5.97 Å². The van der Waals surface area contributed by atoms with E-state index < -0.39 is 5.97 Å². The van der Waals surface area contributed by atoms with E-state index in [4.69, 9.17) is 10.8 Å². The highest BCUT2D eigenvalue weighted by Gasteiger charge is 2.16. The third-order valence-electron chi connectivity index (χ3n) is 3.70. The predicted molar refractivity (Wildman–Crippen MR) is 125 cm³/mol. The molecule has 0 atom stereocenters. The highest BCUT2D eigenvalue weighted by atomic mass is 32.1. The monoisotopic (exact) mass is 430 g/mol. The van der Waals surface area contributed by atoms with Gasteiger partial charge < -0.3 is 16.2 Å². The number of thiol groups is 1. The van der Waals surface area contributed by atoms with E-state index in [0.29, 0.717) is 4.88 Å². The number of para-hydroxylation sites is 1. The normalized spacial score (nSPS) is 9.41. The Morgan fingerprint density at radius 2 is 1.62 bits per heavy atom. The van der Waals surface area contributed by atoms with Gasteiger partial charge in [0.2, 0.25) is 0 Å². The number of hydrogen-bond acceptors (Lipinski definition) is 5. The van der Waals surface area contributed by atoms with Crippen LogP contribution >= 0.6 is 24.0 Å². The van der Waals surface area contributed by atoms with E-state index in [-0.39, 0.29) is 17.2 Å². The summed E-state index contributed by atoms with van der Waals surface area (Å²) in [6.07, 6.45) is 0. The van der Waals surface area contributed by atoms with Crippen molar-refractivity contribution in [2.45, 2.75) is 32.6 Å². The molecule has 1 aromatic heterocycles. The van der Waals surface area contributed by atoms with Gasteiger partial charge in [0.05, 0.1) is 16.1 Å². The van der Waals surface area contributed by atoms with Crippen molar-refractivity contribution < 1.29 is 14.7 Å². The molecule has 154 valence electrons. The van der Waals surface area contributed by atoms with Crippen LogP contribution in [0.25, 0.3) is 0 Å². The number of carboxylic acids is 1. The number of benzene rings is 2. The topological polar surface area (TPSA) is 92.4 Å². The molecule has 3 rings (SSSR count). The minimum atomic E-state index is -1.08. The molecule has 0 saturated carbocycles. The number of aromatic carboxylic acids is 1. The molecule has 0 aliphatic carbocycles. The molecule has 0 saturated heterocycles. The molecule has 0 unspecified atom stereocenters. The van der Waals surface area contributed by atoms with Crippen LogP contribution in [0.15, 0.2) is 58.8 Å². The molecule has 4 N–H and O–H groups in total. The fraction of sp³-hybridized carbons (Fsp3) is 0.182. The summed E-state index contributed by atoms with van der Waals surface area (Å²) in [6, 6.07) is 14.1. The van der Waals surface area contributed by atoms with E-state index in [2.05, 4.69) is 17.9 Å². The van der Waals surface area contributed by atoms with E-state index in [0.717, 1.165) is 16.1 Å². The summed E-state index contributed by atoms with van der Waals surface area (Å²) in [5.41, 5.74) is 8.65. The van der Waals surface area contributed by atoms with Crippen molar-refractivity contribution in [3.63, 3.8) is 0 Å². The summed E-state index contributed by atoms with van der Waals surface area (Å²) in [5, 5.41) is 13.4. The number of anilines is 2. The summed E-state index contributed by atoms with van der Waals surface area (Å²) in [4.78, 5) is 24.4. The first-order valence-electron chi connectivity index (χ1n) is 9.02. The number of nitrogens with two attached hydrogens (primary N) is 1. The molecule has 0 fully saturated rings. The number of aryl methyl sites for hydroxylation is 1. The molecule has 0 spiro atoms. The van der Waals surface area contributed by atoms with E-state index in [1.54, 1.807) is 30.5 Å². The highest BCUT2D eigenvalue weighted by molar-refractivity contribution is 7.80. The van der Waals surface area contributed by atoms with Gasteiger partial charge in [0.15, 0.2) is 0 Å². The Bertz CT molecular complexity index is 930. The number of carbonyl (C=O) groups excluding carboxylic acids is 1. The Labute approximate surface area is 181 Å². The maximum absolute atomic E-state index is 12.1. The smallest absolute Gasteiger partial charge is 0.337 e. The largest absolute Gasteiger partial charge is 0.478 e. The number of thiophene rings is 1. The molecule has 29 heavy (non-hydrogen) atoms. The maximum atomic E-state index is 12.1. The maximum Gasteiger partial charge on any atom is 0.337 e. The summed E-state index contributed by atoms with van der Waals surface area (Å²) in [7, 11) is 0. The summed E-state index contributed by atoms with van der Waals surface area (Å²) < 4.78 is 0. The van der Waals surface area contributed by atoms with E-state index >= 15 is 0 Å². The second-order valence-electron chi connectivity index (χ2n) is 5.79. The van der Waals surface area contributed by atoms with Crippen molar-refractivity contribution in [3.8, 4) is 0 Å². The van der Waals surface area contributed by atoms with Crippen molar-refractivity contribution in [2.75, 3.05) is 11.1 Å². The van der Waals surface area contributed by atoms with E-state index in [9.17, 15) is 9.59 Å². The average Bonchev–Trinajstić information content (AvgIpc) is 3.05. The first kappa shape index (κ1) is 24.3.